The van der Waals surface area contributed by atoms with Crippen molar-refractivity contribution < 1.29 is 13.9 Å². The van der Waals surface area contributed by atoms with E-state index in [-0.39, 0.29) is 23.9 Å². The Morgan fingerprint density at radius 1 is 1.21 bits per heavy atom. The van der Waals surface area contributed by atoms with Gasteiger partial charge in [-0.2, -0.15) is 0 Å². The molecule has 29 heavy (non-hydrogen) atoms. The fourth-order valence-electron chi connectivity index (χ4n) is 3.34. The number of carbonyl (C=O) groups is 1. The number of primary amides is 1. The number of ether oxygens (including phenoxy) is 1. The smallest absolute Gasteiger partial charge is 0.264 e. The number of nitrogens with zero attached hydrogens (tertiary/aromatic N) is 3. The number of nitrogens with one attached hydrogen (secondary N) is 1. The van der Waals surface area contributed by atoms with E-state index >= 15 is 0 Å². The Balaban J connectivity index is 1.66. The number of hydrogen-bond acceptors (Lipinski definition) is 6. The van der Waals surface area contributed by atoms with Crippen LogP contribution in [0.2, 0.25) is 0 Å². The molecule has 3 heterocycles. The highest BCUT2D eigenvalue weighted by molar-refractivity contribution is 5.79. The van der Waals surface area contributed by atoms with E-state index in [4.69, 9.17) is 10.5 Å². The maximum Gasteiger partial charge on any atom is 0.264 e. The number of anilines is 1. The summed E-state index contributed by atoms with van der Waals surface area (Å²) in [5, 5.41) is 3.59. The average molecular weight is 397 g/mol. The second kappa shape index (κ2) is 7.88. The molecule has 0 aliphatic carbocycles. The summed E-state index contributed by atoms with van der Waals surface area (Å²) < 4.78 is 21.3. The molecule has 0 spiro atoms. The minimum atomic E-state index is -0.617. The van der Waals surface area contributed by atoms with Crippen molar-refractivity contribution in [2.75, 3.05) is 37.7 Å². The number of amides is 1. The van der Waals surface area contributed by atoms with E-state index in [0.29, 0.717) is 22.3 Å². The summed E-state index contributed by atoms with van der Waals surface area (Å²) in [6.07, 6.45) is 1.54. The predicted octanol–water partition coefficient (Wildman–Crippen LogP) is 0.798. The highest BCUT2D eigenvalue weighted by Gasteiger charge is 2.16. The molecule has 0 atom stereocenters. The molecule has 0 bridgehead atoms. The summed E-state index contributed by atoms with van der Waals surface area (Å²) in [4.78, 5) is 29.9. The van der Waals surface area contributed by atoms with Crippen molar-refractivity contribution in [1.29, 1.82) is 0 Å². The Morgan fingerprint density at radius 2 is 2.00 bits per heavy atom. The molecular formula is C20H20FN5O3. The lowest BCUT2D eigenvalue weighted by molar-refractivity contribution is -0.120. The quantitative estimate of drug-likeness (QED) is 0.660. The van der Waals surface area contributed by atoms with E-state index in [1.165, 1.54) is 22.9 Å². The van der Waals surface area contributed by atoms with Gasteiger partial charge >= 0.3 is 0 Å². The Bertz CT molecular complexity index is 1120. The van der Waals surface area contributed by atoms with Gasteiger partial charge in [0.15, 0.2) is 6.61 Å². The molecule has 1 fully saturated rings. The van der Waals surface area contributed by atoms with Crippen LogP contribution in [0, 0.1) is 5.82 Å². The summed E-state index contributed by atoms with van der Waals surface area (Å²) in [6.45, 7) is 2.79. The van der Waals surface area contributed by atoms with Gasteiger partial charge < -0.3 is 20.7 Å². The Morgan fingerprint density at radius 3 is 2.72 bits per heavy atom. The molecule has 8 nitrogen and oxygen atoms in total. The first-order valence-electron chi connectivity index (χ1n) is 9.22. The molecule has 1 aromatic carbocycles. The summed E-state index contributed by atoms with van der Waals surface area (Å²) in [7, 11) is 0. The third-order valence-electron chi connectivity index (χ3n) is 4.76. The van der Waals surface area contributed by atoms with Gasteiger partial charge in [-0.1, -0.05) is 0 Å². The average Bonchev–Trinajstić information content (AvgIpc) is 2.73. The first-order valence-corrected chi connectivity index (χ1v) is 9.22. The highest BCUT2D eigenvalue weighted by Crippen LogP contribution is 2.23. The van der Waals surface area contributed by atoms with E-state index in [1.807, 2.05) is 4.90 Å². The van der Waals surface area contributed by atoms with Crippen molar-refractivity contribution in [3.05, 3.63) is 58.8 Å². The molecule has 2 aromatic heterocycles. The third kappa shape index (κ3) is 3.90. The third-order valence-corrected chi connectivity index (χ3v) is 4.76. The predicted molar refractivity (Wildman–Crippen MR) is 107 cm³/mol. The molecule has 1 saturated heterocycles. The number of nitrogens with two attached hydrogens (primary N) is 1. The number of fused-ring (bicyclic) bond motifs is 1. The fraction of sp³-hybridized carbons (Fsp3) is 0.250. The SMILES string of the molecule is NC(=O)COc1ccc2c(=O)n(-c3ccc(N4CCNCC4)c(F)c3)ccc2n1. The zero-order chi connectivity index (χ0) is 20.4. The number of benzene rings is 1. The van der Waals surface area contributed by atoms with Crippen LogP contribution in [0.25, 0.3) is 16.6 Å². The van der Waals surface area contributed by atoms with Crippen molar-refractivity contribution in [3.63, 3.8) is 0 Å². The molecule has 150 valence electrons. The van der Waals surface area contributed by atoms with Gasteiger partial charge in [0.25, 0.3) is 11.5 Å². The van der Waals surface area contributed by atoms with Gasteiger partial charge in [0.05, 0.1) is 22.3 Å². The van der Waals surface area contributed by atoms with Crippen molar-refractivity contribution in [1.82, 2.24) is 14.9 Å². The van der Waals surface area contributed by atoms with Gasteiger partial charge in [-0.15, -0.1) is 0 Å². The van der Waals surface area contributed by atoms with Gasteiger partial charge in [-0.25, -0.2) is 9.37 Å². The monoisotopic (exact) mass is 397 g/mol. The second-order valence-corrected chi connectivity index (χ2v) is 6.70. The van der Waals surface area contributed by atoms with E-state index in [2.05, 4.69) is 10.3 Å². The number of hydrogen-bond donors (Lipinski definition) is 2. The number of halogens is 1. The maximum absolute atomic E-state index is 14.7. The number of carbonyl (C=O) groups excluding carboxylic acids is 1. The summed E-state index contributed by atoms with van der Waals surface area (Å²) in [5.41, 5.74) is 6.09. The van der Waals surface area contributed by atoms with Gasteiger partial charge in [0.2, 0.25) is 5.88 Å². The number of pyridine rings is 2. The van der Waals surface area contributed by atoms with E-state index in [9.17, 15) is 14.0 Å². The number of aromatic nitrogens is 2. The second-order valence-electron chi connectivity index (χ2n) is 6.70. The molecule has 1 amide bonds. The van der Waals surface area contributed by atoms with Crippen LogP contribution in [-0.4, -0.2) is 48.2 Å². The molecule has 1 aliphatic heterocycles. The molecular weight excluding hydrogens is 377 g/mol. The lowest BCUT2D eigenvalue weighted by atomic mass is 10.2. The molecule has 4 rings (SSSR count). The van der Waals surface area contributed by atoms with Crippen LogP contribution < -0.4 is 26.2 Å². The molecule has 0 unspecified atom stereocenters. The van der Waals surface area contributed by atoms with Gasteiger partial charge in [-0.05, 0) is 24.3 Å². The molecule has 0 saturated carbocycles. The van der Waals surface area contributed by atoms with Crippen LogP contribution in [-0.2, 0) is 4.79 Å². The number of piperazine rings is 1. The lowest BCUT2D eigenvalue weighted by Crippen LogP contribution is -2.43. The van der Waals surface area contributed by atoms with Crippen LogP contribution in [0.3, 0.4) is 0 Å². The Hall–Kier alpha value is -3.46. The number of rotatable bonds is 5. The molecule has 9 heteroatoms. The minimum Gasteiger partial charge on any atom is -0.468 e. The zero-order valence-electron chi connectivity index (χ0n) is 15.6. The Kier molecular flexibility index (Phi) is 5.13. The Labute approximate surface area is 165 Å². The van der Waals surface area contributed by atoms with E-state index in [1.54, 1.807) is 24.3 Å². The van der Waals surface area contributed by atoms with Gasteiger partial charge in [0, 0.05) is 44.5 Å². The van der Waals surface area contributed by atoms with Gasteiger partial charge in [-0.3, -0.25) is 14.2 Å². The largest absolute Gasteiger partial charge is 0.468 e. The fourth-order valence-corrected chi connectivity index (χ4v) is 3.34. The maximum atomic E-state index is 14.7. The van der Waals surface area contributed by atoms with Crippen molar-refractivity contribution in [2.24, 2.45) is 5.73 Å². The summed E-state index contributed by atoms with van der Waals surface area (Å²) in [6, 6.07) is 9.48. The zero-order valence-corrected chi connectivity index (χ0v) is 15.6. The van der Waals surface area contributed by atoms with Crippen molar-refractivity contribution in [2.45, 2.75) is 0 Å². The topological polar surface area (TPSA) is 102 Å². The summed E-state index contributed by atoms with van der Waals surface area (Å²) >= 11 is 0. The summed E-state index contributed by atoms with van der Waals surface area (Å²) in [5.74, 6) is -0.793. The first kappa shape index (κ1) is 18.9. The molecule has 1 aliphatic rings. The van der Waals surface area contributed by atoms with Crippen LogP contribution in [0.1, 0.15) is 0 Å². The van der Waals surface area contributed by atoms with Crippen LogP contribution >= 0.6 is 0 Å². The molecule has 3 aromatic rings. The standard InChI is InChI=1S/C20H20FN5O3/c21-15-11-13(1-3-17(15)25-9-6-23-7-10-25)26-8-5-16-14(20(26)28)2-4-19(24-16)29-12-18(22)27/h1-5,8,11,23H,6-7,9-10,12H2,(H2,22,27). The minimum absolute atomic E-state index is 0.194. The molecule has 3 N–H and O–H groups in total. The van der Waals surface area contributed by atoms with Crippen LogP contribution in [0.5, 0.6) is 5.88 Å². The van der Waals surface area contributed by atoms with E-state index in [0.717, 1.165) is 26.2 Å². The van der Waals surface area contributed by atoms with E-state index < -0.39 is 5.91 Å². The van der Waals surface area contributed by atoms with Crippen molar-refractivity contribution >= 4 is 22.5 Å². The first-order chi connectivity index (χ1) is 14.0. The van der Waals surface area contributed by atoms with Crippen LogP contribution in [0.4, 0.5) is 10.1 Å². The van der Waals surface area contributed by atoms with Gasteiger partial charge in [0.1, 0.15) is 5.82 Å². The highest BCUT2D eigenvalue weighted by atomic mass is 19.1. The van der Waals surface area contributed by atoms with Crippen molar-refractivity contribution in [3.8, 4) is 11.6 Å². The normalized spacial score (nSPS) is 14.2. The molecule has 0 radical (unpaired) electrons. The lowest BCUT2D eigenvalue weighted by Gasteiger charge is -2.29. The van der Waals surface area contributed by atoms with Crippen LogP contribution in [0.15, 0.2) is 47.4 Å².